The number of nitrogens with zero attached hydrogens (tertiary/aromatic N) is 4. The minimum atomic E-state index is -1.48. The number of aliphatic hydroxyl groups is 1. The van der Waals surface area contributed by atoms with E-state index >= 15 is 8.78 Å². The zero-order chi connectivity index (χ0) is 37.5. The number of imidazole rings is 1. The number of aromatic nitrogens is 2. The Morgan fingerprint density at radius 2 is 1.72 bits per heavy atom. The number of hydrogen-bond donors (Lipinski definition) is 2. The van der Waals surface area contributed by atoms with E-state index in [2.05, 4.69) is 5.32 Å². The summed E-state index contributed by atoms with van der Waals surface area (Å²) in [6.07, 6.45) is 0.549. The summed E-state index contributed by atoms with van der Waals surface area (Å²) in [5, 5.41) is 12.8. The SMILES string of the molecule is C[C@@H](CO)NC(=O)N(C[C@@H]1CN(C(=O)OCc2ccccc2)C[C@@H]1F)[C@@H](c1nc(-c2cc(F)ccc2F)cn1Cc1ccccc1)C1(C)CCOCC1. The largest absolute Gasteiger partial charge is 0.445 e. The Labute approximate surface area is 307 Å². The van der Waals surface area contributed by atoms with E-state index in [9.17, 15) is 19.1 Å². The van der Waals surface area contributed by atoms with Crippen molar-refractivity contribution in [2.45, 2.75) is 58.1 Å². The lowest BCUT2D eigenvalue weighted by Crippen LogP contribution is -2.54. The molecule has 0 aliphatic carbocycles. The molecule has 0 saturated carbocycles. The molecule has 4 atom stereocenters. The second kappa shape index (κ2) is 16.9. The third-order valence-corrected chi connectivity index (χ3v) is 10.2. The van der Waals surface area contributed by atoms with Gasteiger partial charge in [0, 0.05) is 50.5 Å². The van der Waals surface area contributed by atoms with Crippen LogP contribution < -0.4 is 5.32 Å². The van der Waals surface area contributed by atoms with Crippen LogP contribution in [0.2, 0.25) is 0 Å². The van der Waals surface area contributed by atoms with Crippen molar-refractivity contribution in [2.24, 2.45) is 11.3 Å². The third kappa shape index (κ3) is 9.02. The number of benzene rings is 3. The lowest BCUT2D eigenvalue weighted by Gasteiger charge is -2.46. The van der Waals surface area contributed by atoms with Gasteiger partial charge in [-0.3, -0.25) is 0 Å². The van der Waals surface area contributed by atoms with E-state index in [1.54, 1.807) is 18.0 Å². The quantitative estimate of drug-likeness (QED) is 0.167. The summed E-state index contributed by atoms with van der Waals surface area (Å²) in [6, 6.07) is 19.9. The number of amides is 3. The standard InChI is InChI=1S/C40H46F3N5O5/c1-27(25-49)44-38(50)48(22-30-21-47(23-34(30)43)39(51)53-26-29-11-7-4-8-12-29)36(40(2)15-17-52-18-16-40)37-45-35(32-19-31(41)13-14-33(32)42)24-46(37)20-28-9-5-3-6-10-28/h3-14,19,24,27,30,34,36,49H,15-18,20-23,25-26H2,1-2H3,(H,44,50)/t27-,30-,34-,36-/m0/s1. The molecule has 2 aliphatic heterocycles. The van der Waals surface area contributed by atoms with Crippen molar-refractivity contribution in [3.63, 3.8) is 0 Å². The first-order valence-corrected chi connectivity index (χ1v) is 18.0. The molecule has 4 aromatic rings. The number of rotatable bonds is 12. The highest BCUT2D eigenvalue weighted by atomic mass is 19.1. The van der Waals surface area contributed by atoms with E-state index in [4.69, 9.17) is 14.5 Å². The van der Waals surface area contributed by atoms with Crippen LogP contribution in [-0.4, -0.2) is 88.3 Å². The normalized spacial score (nSPS) is 19.4. The van der Waals surface area contributed by atoms with E-state index < -0.39 is 53.3 Å². The zero-order valence-electron chi connectivity index (χ0n) is 30.0. The smallest absolute Gasteiger partial charge is 0.410 e. The van der Waals surface area contributed by atoms with Crippen LogP contribution in [0.25, 0.3) is 11.3 Å². The van der Waals surface area contributed by atoms with Crippen molar-refractivity contribution >= 4 is 12.1 Å². The van der Waals surface area contributed by atoms with Crippen molar-refractivity contribution < 1.29 is 37.3 Å². The fourth-order valence-corrected chi connectivity index (χ4v) is 7.18. The maximum atomic E-state index is 16.0. The third-order valence-electron chi connectivity index (χ3n) is 10.2. The second-order valence-electron chi connectivity index (χ2n) is 14.3. The number of nitrogens with one attached hydrogen (secondary N) is 1. The Bertz CT molecular complexity index is 1840. The van der Waals surface area contributed by atoms with Crippen LogP contribution in [0.1, 0.15) is 49.7 Å². The van der Waals surface area contributed by atoms with Gasteiger partial charge in [0.1, 0.15) is 30.2 Å². The average molecular weight is 734 g/mol. The Kier molecular flexibility index (Phi) is 12.0. The number of alkyl halides is 1. The predicted molar refractivity (Wildman–Crippen MR) is 192 cm³/mol. The van der Waals surface area contributed by atoms with Crippen molar-refractivity contribution in [3.8, 4) is 11.3 Å². The molecule has 6 rings (SSSR count). The van der Waals surface area contributed by atoms with Gasteiger partial charge in [0.25, 0.3) is 0 Å². The van der Waals surface area contributed by atoms with Gasteiger partial charge < -0.3 is 34.3 Å². The fraction of sp³-hybridized carbons (Fsp3) is 0.425. The molecule has 2 N–H and O–H groups in total. The summed E-state index contributed by atoms with van der Waals surface area (Å²) in [4.78, 5) is 35.4. The first kappa shape index (κ1) is 37.9. The Morgan fingerprint density at radius 1 is 1.04 bits per heavy atom. The van der Waals surface area contributed by atoms with E-state index in [1.165, 1.54) is 4.90 Å². The molecule has 0 radical (unpaired) electrons. The average Bonchev–Trinajstić information content (AvgIpc) is 3.74. The second-order valence-corrected chi connectivity index (χ2v) is 14.3. The molecule has 282 valence electrons. The van der Waals surface area contributed by atoms with Gasteiger partial charge in [-0.25, -0.2) is 27.7 Å². The van der Waals surface area contributed by atoms with Crippen molar-refractivity contribution in [1.29, 1.82) is 0 Å². The van der Waals surface area contributed by atoms with Crippen LogP contribution in [0.4, 0.5) is 22.8 Å². The number of likely N-dealkylation sites (tertiary alicyclic amines) is 1. The number of urea groups is 1. The minimum Gasteiger partial charge on any atom is -0.445 e. The van der Waals surface area contributed by atoms with Crippen LogP contribution in [0.15, 0.2) is 85.1 Å². The Balaban J connectivity index is 1.40. The first-order chi connectivity index (χ1) is 25.5. The topological polar surface area (TPSA) is 109 Å². The fourth-order valence-electron chi connectivity index (χ4n) is 7.18. The van der Waals surface area contributed by atoms with Crippen LogP contribution in [0.5, 0.6) is 0 Å². The molecule has 0 unspecified atom stereocenters. The van der Waals surface area contributed by atoms with Gasteiger partial charge in [0.2, 0.25) is 0 Å². The molecule has 0 spiro atoms. The van der Waals surface area contributed by atoms with Gasteiger partial charge in [-0.2, -0.15) is 0 Å². The van der Waals surface area contributed by atoms with Crippen molar-refractivity contribution in [2.75, 3.05) is 39.5 Å². The van der Waals surface area contributed by atoms with Gasteiger partial charge in [-0.15, -0.1) is 0 Å². The lowest BCUT2D eigenvalue weighted by atomic mass is 9.74. The molecule has 3 amide bonds. The highest BCUT2D eigenvalue weighted by Gasteiger charge is 2.47. The molecular formula is C40H46F3N5O5. The molecule has 1 aromatic heterocycles. The Morgan fingerprint density at radius 3 is 2.40 bits per heavy atom. The van der Waals surface area contributed by atoms with Gasteiger partial charge in [-0.1, -0.05) is 67.6 Å². The lowest BCUT2D eigenvalue weighted by molar-refractivity contribution is -0.0285. The predicted octanol–water partition coefficient (Wildman–Crippen LogP) is 6.73. The van der Waals surface area contributed by atoms with E-state index in [0.717, 1.165) is 29.3 Å². The number of carbonyl (C=O) groups excluding carboxylic acids is 2. The monoisotopic (exact) mass is 733 g/mol. The van der Waals surface area contributed by atoms with Crippen molar-refractivity contribution in [1.82, 2.24) is 24.7 Å². The Hall–Kier alpha value is -4.88. The summed E-state index contributed by atoms with van der Waals surface area (Å²) >= 11 is 0. The van der Waals surface area contributed by atoms with E-state index in [0.29, 0.717) is 38.4 Å². The molecule has 3 heterocycles. The molecule has 2 aliphatic rings. The number of aliphatic hydroxyl groups excluding tert-OH is 1. The minimum absolute atomic E-state index is 0.00111. The summed E-state index contributed by atoms with van der Waals surface area (Å²) in [5.74, 6) is -1.68. The van der Waals surface area contributed by atoms with Crippen LogP contribution in [0.3, 0.4) is 0 Å². The van der Waals surface area contributed by atoms with Gasteiger partial charge >= 0.3 is 12.1 Å². The summed E-state index contributed by atoms with van der Waals surface area (Å²) in [5.41, 5.74) is 1.17. The number of hydrogen-bond acceptors (Lipinski definition) is 6. The number of ether oxygens (including phenoxy) is 2. The molecular weight excluding hydrogens is 687 g/mol. The highest BCUT2D eigenvalue weighted by Crippen LogP contribution is 2.47. The van der Waals surface area contributed by atoms with E-state index in [1.807, 2.05) is 72.2 Å². The van der Waals surface area contributed by atoms with Crippen LogP contribution in [0, 0.1) is 23.0 Å². The van der Waals surface area contributed by atoms with Gasteiger partial charge in [-0.05, 0) is 54.5 Å². The first-order valence-electron chi connectivity index (χ1n) is 18.0. The summed E-state index contributed by atoms with van der Waals surface area (Å²) in [6.45, 7) is 4.14. The van der Waals surface area contributed by atoms with E-state index in [-0.39, 0.29) is 44.1 Å². The molecule has 13 heteroatoms. The maximum absolute atomic E-state index is 16.0. The van der Waals surface area contributed by atoms with Crippen molar-refractivity contribution in [3.05, 3.63) is 114 Å². The summed E-state index contributed by atoms with van der Waals surface area (Å²) < 4.78 is 58.9. The maximum Gasteiger partial charge on any atom is 0.410 e. The van der Waals surface area contributed by atoms with Gasteiger partial charge in [0.05, 0.1) is 30.9 Å². The van der Waals surface area contributed by atoms with Crippen LogP contribution in [-0.2, 0) is 22.6 Å². The molecule has 10 nitrogen and oxygen atoms in total. The molecule has 3 aromatic carbocycles. The van der Waals surface area contributed by atoms with Gasteiger partial charge in [0.15, 0.2) is 0 Å². The molecule has 2 fully saturated rings. The summed E-state index contributed by atoms with van der Waals surface area (Å²) in [7, 11) is 0. The molecule has 0 bridgehead atoms. The molecule has 2 saturated heterocycles. The highest BCUT2D eigenvalue weighted by molar-refractivity contribution is 5.75. The number of carbonyl (C=O) groups is 2. The molecule has 53 heavy (non-hydrogen) atoms. The number of halogens is 3. The zero-order valence-corrected chi connectivity index (χ0v) is 30.0. The van der Waals surface area contributed by atoms with Crippen LogP contribution >= 0.6 is 0 Å².